The van der Waals surface area contributed by atoms with E-state index in [4.69, 9.17) is 0 Å². The molecule has 114 valence electrons. The molecule has 0 bridgehead atoms. The van der Waals surface area contributed by atoms with E-state index in [9.17, 15) is 9.59 Å². The van der Waals surface area contributed by atoms with E-state index in [1.165, 1.54) is 5.56 Å². The molecule has 2 aromatic carbocycles. The molecule has 4 heteroatoms. The molecule has 0 atom stereocenters. The second-order valence-corrected chi connectivity index (χ2v) is 5.95. The number of hydrogen-bond acceptors (Lipinski definition) is 2. The molecule has 0 heterocycles. The van der Waals surface area contributed by atoms with Crippen molar-refractivity contribution in [2.75, 3.05) is 5.32 Å². The lowest BCUT2D eigenvalue weighted by Crippen LogP contribution is -2.13. The van der Waals surface area contributed by atoms with Gasteiger partial charge in [-0.25, -0.2) is 0 Å². The zero-order valence-electron chi connectivity index (χ0n) is 12.4. The summed E-state index contributed by atoms with van der Waals surface area (Å²) in [6, 6.07) is 14.9. The zero-order chi connectivity index (χ0) is 15.9. The van der Waals surface area contributed by atoms with Crippen molar-refractivity contribution in [3.8, 4) is 0 Å². The molecule has 1 amide bonds. The van der Waals surface area contributed by atoms with Gasteiger partial charge in [-0.05, 0) is 30.2 Å². The van der Waals surface area contributed by atoms with Gasteiger partial charge in [0.15, 0.2) is 5.78 Å². The fraction of sp³-hybridized carbons (Fsp3) is 0.222. The Morgan fingerprint density at radius 1 is 1.05 bits per heavy atom. The predicted molar refractivity (Wildman–Crippen MR) is 92.2 cm³/mol. The summed E-state index contributed by atoms with van der Waals surface area (Å²) in [6.45, 7) is 2.07. The van der Waals surface area contributed by atoms with Crippen LogP contribution in [-0.2, 0) is 11.2 Å². The lowest BCUT2D eigenvalue weighted by molar-refractivity contribution is -0.116. The van der Waals surface area contributed by atoms with Crippen LogP contribution in [0.25, 0.3) is 0 Å². The van der Waals surface area contributed by atoms with Gasteiger partial charge in [-0.2, -0.15) is 0 Å². The Morgan fingerprint density at radius 2 is 1.77 bits per heavy atom. The van der Waals surface area contributed by atoms with Crippen molar-refractivity contribution in [1.82, 2.24) is 0 Å². The van der Waals surface area contributed by atoms with E-state index in [0.717, 1.165) is 16.6 Å². The number of carbonyl (C=O) groups excluding carboxylic acids is 2. The van der Waals surface area contributed by atoms with Crippen LogP contribution >= 0.6 is 15.9 Å². The van der Waals surface area contributed by atoms with Gasteiger partial charge in [0.25, 0.3) is 0 Å². The minimum atomic E-state index is -0.156. The average Bonchev–Trinajstić information content (AvgIpc) is 2.52. The van der Waals surface area contributed by atoms with Crippen LogP contribution < -0.4 is 5.32 Å². The summed E-state index contributed by atoms with van der Waals surface area (Å²) in [5, 5.41) is 2.79. The maximum atomic E-state index is 12.1. The molecule has 22 heavy (non-hydrogen) atoms. The molecule has 0 fully saturated rings. The van der Waals surface area contributed by atoms with Crippen LogP contribution in [0.4, 0.5) is 5.69 Å². The molecule has 0 aliphatic carbocycles. The molecule has 0 aliphatic rings. The van der Waals surface area contributed by atoms with E-state index in [-0.39, 0.29) is 24.5 Å². The largest absolute Gasteiger partial charge is 0.326 e. The lowest BCUT2D eigenvalue weighted by atomic mass is 10.0. The molecule has 0 spiro atoms. The molecule has 0 aliphatic heterocycles. The highest BCUT2D eigenvalue weighted by Gasteiger charge is 2.09. The van der Waals surface area contributed by atoms with Gasteiger partial charge in [0.05, 0.1) is 0 Å². The average molecular weight is 360 g/mol. The van der Waals surface area contributed by atoms with Gasteiger partial charge in [0.1, 0.15) is 0 Å². The quantitative estimate of drug-likeness (QED) is 0.765. The summed E-state index contributed by atoms with van der Waals surface area (Å²) in [5.74, 6) is -0.163. The smallest absolute Gasteiger partial charge is 0.224 e. The van der Waals surface area contributed by atoms with E-state index >= 15 is 0 Å². The second-order valence-electron chi connectivity index (χ2n) is 5.03. The van der Waals surface area contributed by atoms with Crippen LogP contribution in [-0.4, -0.2) is 11.7 Å². The van der Waals surface area contributed by atoms with E-state index in [1.807, 2.05) is 48.5 Å². The number of benzene rings is 2. The molecule has 0 saturated carbocycles. The van der Waals surface area contributed by atoms with Crippen molar-refractivity contribution in [3.63, 3.8) is 0 Å². The Balaban J connectivity index is 1.86. The first-order chi connectivity index (χ1) is 10.6. The normalized spacial score (nSPS) is 10.3. The Hall–Kier alpha value is -1.94. The highest BCUT2D eigenvalue weighted by atomic mass is 79.9. The van der Waals surface area contributed by atoms with Crippen LogP contribution in [0.15, 0.2) is 53.0 Å². The van der Waals surface area contributed by atoms with Crippen LogP contribution in [0.2, 0.25) is 0 Å². The number of nitrogens with one attached hydrogen (secondary N) is 1. The van der Waals surface area contributed by atoms with Crippen LogP contribution in [0.5, 0.6) is 0 Å². The van der Waals surface area contributed by atoms with Gasteiger partial charge >= 0.3 is 0 Å². The first kappa shape index (κ1) is 16.4. The zero-order valence-corrected chi connectivity index (χ0v) is 14.0. The first-order valence-electron chi connectivity index (χ1n) is 7.26. The highest BCUT2D eigenvalue weighted by molar-refractivity contribution is 9.10. The van der Waals surface area contributed by atoms with Gasteiger partial charge in [0, 0.05) is 28.6 Å². The van der Waals surface area contributed by atoms with Crippen molar-refractivity contribution in [2.24, 2.45) is 0 Å². The van der Waals surface area contributed by atoms with Gasteiger partial charge in [-0.1, -0.05) is 53.2 Å². The molecule has 1 N–H and O–H groups in total. The van der Waals surface area contributed by atoms with Gasteiger partial charge in [0.2, 0.25) is 5.91 Å². The summed E-state index contributed by atoms with van der Waals surface area (Å²) in [7, 11) is 0. The summed E-state index contributed by atoms with van der Waals surface area (Å²) in [4.78, 5) is 23.9. The standard InChI is InChI=1S/C18H18BrNO2/c1-2-13-6-8-14(9-7-13)17(21)10-11-18(22)20-16-5-3-4-15(19)12-16/h3-9,12H,2,10-11H2,1H3,(H,20,22). The highest BCUT2D eigenvalue weighted by Crippen LogP contribution is 2.16. The third-order valence-electron chi connectivity index (χ3n) is 3.37. The fourth-order valence-corrected chi connectivity index (χ4v) is 2.49. The molecular weight excluding hydrogens is 342 g/mol. The van der Waals surface area contributed by atoms with E-state index < -0.39 is 0 Å². The number of Topliss-reactive ketones (excluding diaryl/α,β-unsaturated/α-hetero) is 1. The van der Waals surface area contributed by atoms with E-state index in [1.54, 1.807) is 0 Å². The molecular formula is C18H18BrNO2. The number of aryl methyl sites for hydroxylation is 1. The molecule has 0 saturated heterocycles. The summed E-state index contributed by atoms with van der Waals surface area (Å²) >= 11 is 3.35. The number of halogens is 1. The number of anilines is 1. The Labute approximate surface area is 138 Å². The third kappa shape index (κ3) is 4.81. The molecule has 2 aromatic rings. The second kappa shape index (κ2) is 7.90. The van der Waals surface area contributed by atoms with Crippen molar-refractivity contribution in [3.05, 3.63) is 64.1 Å². The molecule has 3 nitrogen and oxygen atoms in total. The Bertz CT molecular complexity index is 665. The monoisotopic (exact) mass is 359 g/mol. The minimum Gasteiger partial charge on any atom is -0.326 e. The molecule has 0 radical (unpaired) electrons. The maximum absolute atomic E-state index is 12.1. The molecule has 2 rings (SSSR count). The van der Waals surface area contributed by atoms with E-state index in [2.05, 4.69) is 28.2 Å². The van der Waals surface area contributed by atoms with Crippen LogP contribution in [0, 0.1) is 0 Å². The number of hydrogen-bond donors (Lipinski definition) is 1. The van der Waals surface area contributed by atoms with Gasteiger partial charge in [-0.3, -0.25) is 9.59 Å². The van der Waals surface area contributed by atoms with Crippen molar-refractivity contribution >= 4 is 33.3 Å². The number of ketones is 1. The fourth-order valence-electron chi connectivity index (χ4n) is 2.09. The van der Waals surface area contributed by atoms with Gasteiger partial charge < -0.3 is 5.32 Å². The lowest BCUT2D eigenvalue weighted by Gasteiger charge is -2.06. The van der Waals surface area contributed by atoms with Crippen molar-refractivity contribution < 1.29 is 9.59 Å². The summed E-state index contributed by atoms with van der Waals surface area (Å²) in [5.41, 5.74) is 2.58. The summed E-state index contributed by atoms with van der Waals surface area (Å²) in [6.07, 6.45) is 1.34. The van der Waals surface area contributed by atoms with Crippen molar-refractivity contribution in [2.45, 2.75) is 26.2 Å². The molecule has 0 aromatic heterocycles. The van der Waals surface area contributed by atoms with Crippen LogP contribution in [0.3, 0.4) is 0 Å². The van der Waals surface area contributed by atoms with Gasteiger partial charge in [-0.15, -0.1) is 0 Å². The van der Waals surface area contributed by atoms with E-state index in [0.29, 0.717) is 5.56 Å². The number of amides is 1. The minimum absolute atomic E-state index is 0.00737. The Morgan fingerprint density at radius 3 is 2.41 bits per heavy atom. The Kier molecular flexibility index (Phi) is 5.90. The number of rotatable bonds is 6. The van der Waals surface area contributed by atoms with Crippen molar-refractivity contribution in [1.29, 1.82) is 0 Å². The third-order valence-corrected chi connectivity index (χ3v) is 3.86. The van der Waals surface area contributed by atoms with Crippen LogP contribution in [0.1, 0.15) is 35.7 Å². The SMILES string of the molecule is CCc1ccc(C(=O)CCC(=O)Nc2cccc(Br)c2)cc1. The predicted octanol–water partition coefficient (Wildman–Crippen LogP) is 4.61. The number of carbonyl (C=O) groups is 2. The first-order valence-corrected chi connectivity index (χ1v) is 8.05. The topological polar surface area (TPSA) is 46.2 Å². The maximum Gasteiger partial charge on any atom is 0.224 e. The summed E-state index contributed by atoms with van der Waals surface area (Å²) < 4.78 is 0.900. The molecule has 0 unspecified atom stereocenters.